The summed E-state index contributed by atoms with van der Waals surface area (Å²) in [4.78, 5) is 16.6. The molecule has 0 bridgehead atoms. The monoisotopic (exact) mass is 443 g/mol. The van der Waals surface area contributed by atoms with Crippen LogP contribution in [-0.2, 0) is 10.0 Å². The van der Waals surface area contributed by atoms with Gasteiger partial charge in [0.05, 0.1) is 23.3 Å². The molecule has 0 spiro atoms. The second kappa shape index (κ2) is 8.33. The molecule has 30 heavy (non-hydrogen) atoms. The van der Waals surface area contributed by atoms with Gasteiger partial charge in [-0.15, -0.1) is 0 Å². The third-order valence-electron chi connectivity index (χ3n) is 4.55. The van der Waals surface area contributed by atoms with E-state index in [9.17, 15) is 13.2 Å². The van der Waals surface area contributed by atoms with Crippen molar-refractivity contribution in [2.24, 2.45) is 0 Å². The van der Waals surface area contributed by atoms with E-state index < -0.39 is 10.0 Å². The first-order valence-electron chi connectivity index (χ1n) is 9.22. The first kappa shape index (κ1) is 20.2. The lowest BCUT2D eigenvalue weighted by Crippen LogP contribution is -2.25. The highest BCUT2D eigenvalue weighted by Gasteiger charge is 2.28. The average molecular weight is 444 g/mol. The largest absolute Gasteiger partial charge is 0.439 e. The molecule has 0 saturated carbocycles. The Bertz CT molecular complexity index is 1150. The van der Waals surface area contributed by atoms with Crippen LogP contribution in [0.3, 0.4) is 0 Å². The fraction of sp³-hybridized carbons (Fsp3) is 0.143. The molecule has 0 atom stereocenters. The normalized spacial score (nSPS) is 15.0. The highest BCUT2D eigenvalue weighted by atomic mass is 35.5. The Labute approximate surface area is 179 Å². The van der Waals surface area contributed by atoms with Crippen molar-refractivity contribution in [2.45, 2.75) is 6.42 Å². The molecule has 1 aliphatic rings. The van der Waals surface area contributed by atoms with Crippen LogP contribution in [0.2, 0.25) is 5.02 Å². The van der Waals surface area contributed by atoms with Crippen LogP contribution < -0.4 is 14.4 Å². The summed E-state index contributed by atoms with van der Waals surface area (Å²) in [6.07, 6.45) is 2.10. The number of carbonyl (C=O) groups is 1. The highest BCUT2D eigenvalue weighted by Crippen LogP contribution is 2.25. The van der Waals surface area contributed by atoms with Gasteiger partial charge in [-0.3, -0.25) is 9.10 Å². The molecule has 0 unspecified atom stereocenters. The third-order valence-corrected chi connectivity index (χ3v) is 6.67. The zero-order valence-corrected chi connectivity index (χ0v) is 17.4. The second-order valence-electron chi connectivity index (χ2n) is 6.68. The number of nitrogens with one attached hydrogen (secondary N) is 1. The molecule has 3 aromatic rings. The number of benzene rings is 2. The van der Waals surface area contributed by atoms with Gasteiger partial charge < -0.3 is 10.1 Å². The number of anilines is 2. The maximum Gasteiger partial charge on any atom is 0.255 e. The molecular weight excluding hydrogens is 426 g/mol. The highest BCUT2D eigenvalue weighted by molar-refractivity contribution is 7.93. The van der Waals surface area contributed by atoms with Crippen LogP contribution in [0.4, 0.5) is 11.4 Å². The van der Waals surface area contributed by atoms with Gasteiger partial charge in [-0.05, 0) is 61.0 Å². The summed E-state index contributed by atoms with van der Waals surface area (Å²) in [6, 6.07) is 16.7. The van der Waals surface area contributed by atoms with Gasteiger partial charge in [0.1, 0.15) is 5.75 Å². The van der Waals surface area contributed by atoms with Crippen molar-refractivity contribution in [2.75, 3.05) is 21.9 Å². The van der Waals surface area contributed by atoms with E-state index in [1.165, 1.54) is 10.5 Å². The Morgan fingerprint density at radius 3 is 2.37 bits per heavy atom. The SMILES string of the molecule is O=C(Nc1ccc(Oc2ccc(Cl)cc2)nc1)c1ccc(N2CCCS2(=O)=O)cc1. The van der Waals surface area contributed by atoms with Gasteiger partial charge in [0.25, 0.3) is 5.91 Å². The van der Waals surface area contributed by atoms with Gasteiger partial charge in [-0.1, -0.05) is 11.6 Å². The fourth-order valence-corrected chi connectivity index (χ4v) is 4.74. The summed E-state index contributed by atoms with van der Waals surface area (Å²) in [6.45, 7) is 0.462. The number of hydrogen-bond donors (Lipinski definition) is 1. The lowest BCUT2D eigenvalue weighted by Gasteiger charge is -2.17. The number of ether oxygens (including phenoxy) is 1. The lowest BCUT2D eigenvalue weighted by molar-refractivity contribution is 0.102. The zero-order chi connectivity index (χ0) is 21.1. The molecule has 1 fully saturated rings. The number of carbonyl (C=O) groups excluding carboxylic acids is 1. The number of rotatable bonds is 5. The molecule has 2 aromatic carbocycles. The fourth-order valence-electron chi connectivity index (χ4n) is 3.05. The molecule has 1 aliphatic heterocycles. The van der Waals surface area contributed by atoms with E-state index in [4.69, 9.17) is 16.3 Å². The lowest BCUT2D eigenvalue weighted by atomic mass is 10.2. The van der Waals surface area contributed by atoms with Gasteiger partial charge in [0.15, 0.2) is 0 Å². The second-order valence-corrected chi connectivity index (χ2v) is 9.13. The van der Waals surface area contributed by atoms with Crippen molar-refractivity contribution >= 4 is 38.9 Å². The van der Waals surface area contributed by atoms with Crippen molar-refractivity contribution in [3.05, 3.63) is 77.4 Å². The van der Waals surface area contributed by atoms with Crippen LogP contribution in [0.25, 0.3) is 0 Å². The van der Waals surface area contributed by atoms with Crippen LogP contribution in [0.1, 0.15) is 16.8 Å². The Morgan fingerprint density at radius 2 is 1.77 bits per heavy atom. The molecule has 0 radical (unpaired) electrons. The number of pyridine rings is 1. The molecule has 4 rings (SSSR count). The van der Waals surface area contributed by atoms with Crippen molar-refractivity contribution in [3.63, 3.8) is 0 Å². The quantitative estimate of drug-likeness (QED) is 0.634. The summed E-state index contributed by atoms with van der Waals surface area (Å²) < 4.78 is 31.0. The van der Waals surface area contributed by atoms with E-state index in [1.807, 2.05) is 0 Å². The first-order valence-corrected chi connectivity index (χ1v) is 11.2. The van der Waals surface area contributed by atoms with E-state index in [1.54, 1.807) is 60.7 Å². The minimum Gasteiger partial charge on any atom is -0.439 e. The summed E-state index contributed by atoms with van der Waals surface area (Å²) in [5, 5.41) is 3.37. The predicted molar refractivity (Wildman–Crippen MR) is 116 cm³/mol. The van der Waals surface area contributed by atoms with Gasteiger partial charge in [-0.2, -0.15) is 0 Å². The Balaban J connectivity index is 1.39. The molecule has 7 nitrogen and oxygen atoms in total. The van der Waals surface area contributed by atoms with E-state index in [2.05, 4.69) is 10.3 Å². The van der Waals surface area contributed by atoms with Gasteiger partial charge in [-0.25, -0.2) is 13.4 Å². The Kier molecular flexibility index (Phi) is 5.61. The van der Waals surface area contributed by atoms with Crippen LogP contribution >= 0.6 is 11.6 Å². The maximum absolute atomic E-state index is 12.5. The molecule has 1 saturated heterocycles. The van der Waals surface area contributed by atoms with Crippen molar-refractivity contribution in [1.82, 2.24) is 4.98 Å². The van der Waals surface area contributed by atoms with Gasteiger partial charge >= 0.3 is 0 Å². The van der Waals surface area contributed by atoms with Crippen molar-refractivity contribution in [1.29, 1.82) is 0 Å². The van der Waals surface area contributed by atoms with Crippen LogP contribution in [-0.4, -0.2) is 31.6 Å². The maximum atomic E-state index is 12.5. The number of hydrogen-bond acceptors (Lipinski definition) is 5. The summed E-state index contributed by atoms with van der Waals surface area (Å²) in [7, 11) is -3.24. The number of halogens is 1. The molecule has 1 N–H and O–H groups in total. The summed E-state index contributed by atoms with van der Waals surface area (Å²) >= 11 is 5.85. The van der Waals surface area contributed by atoms with Crippen LogP contribution in [0.15, 0.2) is 66.9 Å². The van der Waals surface area contributed by atoms with E-state index in [0.29, 0.717) is 46.6 Å². The Hall–Kier alpha value is -3.10. The molecule has 2 heterocycles. The number of amides is 1. The van der Waals surface area contributed by atoms with Gasteiger partial charge in [0.2, 0.25) is 15.9 Å². The number of aromatic nitrogens is 1. The molecular formula is C21H18ClN3O4S. The smallest absolute Gasteiger partial charge is 0.255 e. The molecule has 1 aromatic heterocycles. The molecule has 9 heteroatoms. The topological polar surface area (TPSA) is 88.6 Å². The minimum absolute atomic E-state index is 0.153. The summed E-state index contributed by atoms with van der Waals surface area (Å²) in [5.41, 5.74) is 1.49. The molecule has 154 valence electrons. The minimum atomic E-state index is -3.24. The predicted octanol–water partition coefficient (Wildman–Crippen LogP) is 4.32. The van der Waals surface area contributed by atoms with Gasteiger partial charge in [0, 0.05) is 23.2 Å². The zero-order valence-electron chi connectivity index (χ0n) is 15.8. The Morgan fingerprint density at radius 1 is 1.03 bits per heavy atom. The van der Waals surface area contributed by atoms with Crippen molar-refractivity contribution < 1.29 is 17.9 Å². The summed E-state index contributed by atoms with van der Waals surface area (Å²) in [5.74, 6) is 0.814. The van der Waals surface area contributed by atoms with Crippen LogP contribution in [0, 0.1) is 0 Å². The standard InChI is InChI=1S/C21H18ClN3O4S/c22-16-4-9-19(10-5-16)29-20-11-6-17(14-23-20)24-21(26)15-2-7-18(8-3-15)25-12-1-13-30(25,27)28/h2-11,14H,1,12-13H2,(H,24,26). The van der Waals surface area contributed by atoms with E-state index in [-0.39, 0.29) is 11.7 Å². The average Bonchev–Trinajstić information content (AvgIpc) is 3.10. The van der Waals surface area contributed by atoms with E-state index >= 15 is 0 Å². The number of sulfonamides is 1. The van der Waals surface area contributed by atoms with Crippen molar-refractivity contribution in [3.8, 4) is 11.6 Å². The van der Waals surface area contributed by atoms with Crippen LogP contribution in [0.5, 0.6) is 11.6 Å². The molecule has 0 aliphatic carbocycles. The third kappa shape index (κ3) is 4.55. The first-order chi connectivity index (χ1) is 14.4. The molecule has 1 amide bonds. The number of nitrogens with zero attached hydrogens (tertiary/aromatic N) is 2. The van der Waals surface area contributed by atoms with E-state index in [0.717, 1.165) is 0 Å².